The van der Waals surface area contributed by atoms with Crippen molar-refractivity contribution in [2.24, 2.45) is 5.73 Å². The molecule has 1 heterocycles. The highest BCUT2D eigenvalue weighted by Gasteiger charge is 2.21. The van der Waals surface area contributed by atoms with Gasteiger partial charge in [0.1, 0.15) is 0 Å². The van der Waals surface area contributed by atoms with Gasteiger partial charge < -0.3 is 5.73 Å². The first-order valence-electron chi connectivity index (χ1n) is 7.47. The lowest BCUT2D eigenvalue weighted by Crippen LogP contribution is -2.38. The standard InChI is InChI=1S/C17H25N3/c1-4-15(5-2)20(3)17(12-18)14-8-9-16-13(11-14)7-6-10-19-16/h6-11,15,17H,4-5,12,18H2,1-3H3. The van der Waals surface area contributed by atoms with Crippen LogP contribution in [0.1, 0.15) is 38.3 Å². The summed E-state index contributed by atoms with van der Waals surface area (Å²) in [6, 6.07) is 11.4. The van der Waals surface area contributed by atoms with Crippen molar-refractivity contribution in [2.45, 2.75) is 38.8 Å². The topological polar surface area (TPSA) is 42.1 Å². The van der Waals surface area contributed by atoms with Gasteiger partial charge in [-0.2, -0.15) is 0 Å². The molecule has 0 saturated carbocycles. The van der Waals surface area contributed by atoms with Crippen molar-refractivity contribution >= 4 is 10.9 Å². The molecule has 1 aromatic heterocycles. The van der Waals surface area contributed by atoms with Crippen molar-refractivity contribution in [1.82, 2.24) is 9.88 Å². The Hall–Kier alpha value is -1.45. The smallest absolute Gasteiger partial charge is 0.0702 e. The Morgan fingerprint density at radius 3 is 2.60 bits per heavy atom. The zero-order valence-electron chi connectivity index (χ0n) is 12.7. The monoisotopic (exact) mass is 271 g/mol. The van der Waals surface area contributed by atoms with Gasteiger partial charge in [-0.3, -0.25) is 9.88 Å². The number of benzene rings is 1. The van der Waals surface area contributed by atoms with Crippen LogP contribution in [0.2, 0.25) is 0 Å². The van der Waals surface area contributed by atoms with E-state index in [0.717, 1.165) is 18.4 Å². The molecule has 0 aliphatic rings. The first-order valence-corrected chi connectivity index (χ1v) is 7.47. The third-order valence-corrected chi connectivity index (χ3v) is 4.25. The van der Waals surface area contributed by atoms with Crippen molar-refractivity contribution in [3.05, 3.63) is 42.1 Å². The molecule has 0 radical (unpaired) electrons. The summed E-state index contributed by atoms with van der Waals surface area (Å²) in [5.74, 6) is 0. The van der Waals surface area contributed by atoms with Gasteiger partial charge in [-0.05, 0) is 43.7 Å². The molecule has 1 atom stereocenters. The van der Waals surface area contributed by atoms with E-state index in [-0.39, 0.29) is 6.04 Å². The maximum Gasteiger partial charge on any atom is 0.0702 e. The quantitative estimate of drug-likeness (QED) is 0.876. The number of hydrogen-bond donors (Lipinski definition) is 1. The molecule has 0 bridgehead atoms. The van der Waals surface area contributed by atoms with Crippen molar-refractivity contribution in [3.63, 3.8) is 0 Å². The Morgan fingerprint density at radius 2 is 1.95 bits per heavy atom. The summed E-state index contributed by atoms with van der Waals surface area (Å²) < 4.78 is 0. The van der Waals surface area contributed by atoms with Crippen LogP contribution < -0.4 is 5.73 Å². The second-order valence-corrected chi connectivity index (χ2v) is 5.34. The molecule has 1 aromatic carbocycles. The number of hydrogen-bond acceptors (Lipinski definition) is 3. The lowest BCUT2D eigenvalue weighted by atomic mass is 10.00. The van der Waals surface area contributed by atoms with Crippen LogP contribution in [-0.2, 0) is 0 Å². The van der Waals surface area contributed by atoms with Crippen molar-refractivity contribution in [3.8, 4) is 0 Å². The van der Waals surface area contributed by atoms with Crippen molar-refractivity contribution in [1.29, 1.82) is 0 Å². The Labute approximate surface area is 121 Å². The number of likely N-dealkylation sites (N-methyl/N-ethyl adjacent to an activating group) is 1. The van der Waals surface area contributed by atoms with E-state index in [1.165, 1.54) is 10.9 Å². The fourth-order valence-electron chi connectivity index (χ4n) is 2.96. The van der Waals surface area contributed by atoms with Gasteiger partial charge in [0.05, 0.1) is 5.52 Å². The highest BCUT2D eigenvalue weighted by molar-refractivity contribution is 5.79. The molecule has 0 fully saturated rings. The number of nitrogens with two attached hydrogens (primary N) is 1. The average Bonchev–Trinajstić information content (AvgIpc) is 2.49. The van der Waals surface area contributed by atoms with Gasteiger partial charge in [-0.25, -0.2) is 0 Å². The maximum atomic E-state index is 6.04. The summed E-state index contributed by atoms with van der Waals surface area (Å²) in [4.78, 5) is 6.79. The zero-order valence-corrected chi connectivity index (χ0v) is 12.7. The van der Waals surface area contributed by atoms with E-state index in [1.807, 2.05) is 12.3 Å². The third-order valence-electron chi connectivity index (χ3n) is 4.25. The van der Waals surface area contributed by atoms with Gasteiger partial charge in [-0.15, -0.1) is 0 Å². The number of nitrogens with zero attached hydrogens (tertiary/aromatic N) is 2. The number of pyridine rings is 1. The van der Waals surface area contributed by atoms with E-state index in [1.54, 1.807) is 0 Å². The fraction of sp³-hybridized carbons (Fsp3) is 0.471. The molecule has 0 saturated heterocycles. The van der Waals surface area contributed by atoms with Crippen LogP contribution in [0.25, 0.3) is 10.9 Å². The van der Waals surface area contributed by atoms with Crippen LogP contribution >= 0.6 is 0 Å². The van der Waals surface area contributed by atoms with Crippen LogP contribution in [-0.4, -0.2) is 29.5 Å². The Balaban J connectivity index is 2.33. The van der Waals surface area contributed by atoms with Crippen LogP contribution in [0, 0.1) is 0 Å². The summed E-state index contributed by atoms with van der Waals surface area (Å²) in [6.45, 7) is 5.11. The zero-order chi connectivity index (χ0) is 14.5. The number of aromatic nitrogens is 1. The molecule has 108 valence electrons. The summed E-state index contributed by atoms with van der Waals surface area (Å²) in [5.41, 5.74) is 8.36. The first-order chi connectivity index (χ1) is 9.71. The first kappa shape index (κ1) is 14.9. The van der Waals surface area contributed by atoms with Crippen LogP contribution in [0.5, 0.6) is 0 Å². The third kappa shape index (κ3) is 3.00. The Bertz CT molecular complexity index is 549. The van der Waals surface area contributed by atoms with Crippen molar-refractivity contribution < 1.29 is 0 Å². The van der Waals surface area contributed by atoms with Gasteiger partial charge >= 0.3 is 0 Å². The largest absolute Gasteiger partial charge is 0.329 e. The maximum absolute atomic E-state index is 6.04. The minimum Gasteiger partial charge on any atom is -0.329 e. The fourth-order valence-corrected chi connectivity index (χ4v) is 2.96. The summed E-state index contributed by atoms with van der Waals surface area (Å²) >= 11 is 0. The molecule has 3 heteroatoms. The Kier molecular flexibility index (Phi) is 5.10. The highest BCUT2D eigenvalue weighted by Crippen LogP contribution is 2.25. The van der Waals surface area contributed by atoms with Gasteiger partial charge in [0, 0.05) is 30.2 Å². The van der Waals surface area contributed by atoms with E-state index in [2.05, 4.69) is 55.0 Å². The van der Waals surface area contributed by atoms with Crippen LogP contribution in [0.15, 0.2) is 36.5 Å². The molecule has 0 aliphatic carbocycles. The summed E-state index contributed by atoms with van der Waals surface area (Å²) in [5, 5.41) is 1.18. The lowest BCUT2D eigenvalue weighted by Gasteiger charge is -2.34. The molecule has 2 rings (SSSR count). The van der Waals surface area contributed by atoms with Gasteiger partial charge in [-0.1, -0.05) is 26.0 Å². The second-order valence-electron chi connectivity index (χ2n) is 5.34. The van der Waals surface area contributed by atoms with Crippen molar-refractivity contribution in [2.75, 3.05) is 13.6 Å². The van der Waals surface area contributed by atoms with E-state index in [4.69, 9.17) is 5.73 Å². The average molecular weight is 271 g/mol. The lowest BCUT2D eigenvalue weighted by molar-refractivity contribution is 0.168. The minimum atomic E-state index is 0.268. The molecule has 0 amide bonds. The molecular weight excluding hydrogens is 246 g/mol. The SMILES string of the molecule is CCC(CC)N(C)C(CN)c1ccc2ncccc2c1. The number of rotatable bonds is 6. The predicted molar refractivity (Wildman–Crippen MR) is 85.7 cm³/mol. The highest BCUT2D eigenvalue weighted by atomic mass is 15.2. The van der Waals surface area contributed by atoms with Gasteiger partial charge in [0.15, 0.2) is 0 Å². The summed E-state index contributed by atoms with van der Waals surface area (Å²) in [6.07, 6.45) is 4.13. The van der Waals surface area contributed by atoms with Gasteiger partial charge in [0.25, 0.3) is 0 Å². The molecule has 0 spiro atoms. The Morgan fingerprint density at radius 1 is 1.20 bits per heavy atom. The molecule has 2 aromatic rings. The molecule has 0 aliphatic heterocycles. The normalized spacial score (nSPS) is 13.3. The van der Waals surface area contributed by atoms with Crippen LogP contribution in [0.4, 0.5) is 0 Å². The molecule has 3 nitrogen and oxygen atoms in total. The molecule has 2 N–H and O–H groups in total. The minimum absolute atomic E-state index is 0.268. The second kappa shape index (κ2) is 6.82. The molecule has 20 heavy (non-hydrogen) atoms. The molecular formula is C17H25N3. The van der Waals surface area contributed by atoms with E-state index in [0.29, 0.717) is 12.6 Å². The summed E-state index contributed by atoms with van der Waals surface area (Å²) in [7, 11) is 2.18. The van der Waals surface area contributed by atoms with E-state index < -0.39 is 0 Å². The molecule has 1 unspecified atom stereocenters. The van der Waals surface area contributed by atoms with Crippen LogP contribution in [0.3, 0.4) is 0 Å². The predicted octanol–water partition coefficient (Wildman–Crippen LogP) is 3.36. The van der Waals surface area contributed by atoms with E-state index in [9.17, 15) is 0 Å². The van der Waals surface area contributed by atoms with Gasteiger partial charge in [0.2, 0.25) is 0 Å². The van der Waals surface area contributed by atoms with E-state index >= 15 is 0 Å². The number of fused-ring (bicyclic) bond motifs is 1.